The zero-order valence-corrected chi connectivity index (χ0v) is 14.5. The summed E-state index contributed by atoms with van der Waals surface area (Å²) in [7, 11) is 0. The lowest BCUT2D eigenvalue weighted by atomic mass is 10.1. The Kier molecular flexibility index (Phi) is 5.64. The molecule has 2 N–H and O–H groups in total. The summed E-state index contributed by atoms with van der Waals surface area (Å²) in [5.41, 5.74) is 0.598. The molecule has 2 rings (SSSR count). The van der Waals surface area contributed by atoms with Gasteiger partial charge in [0.05, 0.1) is 18.8 Å². The van der Waals surface area contributed by atoms with Crippen LogP contribution < -0.4 is 5.32 Å². The Morgan fingerprint density at radius 3 is 2.83 bits per heavy atom. The summed E-state index contributed by atoms with van der Waals surface area (Å²) < 4.78 is 7.23. The van der Waals surface area contributed by atoms with E-state index in [1.807, 2.05) is 44.8 Å². The van der Waals surface area contributed by atoms with Gasteiger partial charge in [-0.3, -0.25) is 4.68 Å². The lowest BCUT2D eigenvalue weighted by molar-refractivity contribution is 0.0270. The molecule has 0 aromatic carbocycles. The fraction of sp³-hybridized carbons (Fsp3) is 0.750. The van der Waals surface area contributed by atoms with E-state index in [1.165, 1.54) is 0 Å². The van der Waals surface area contributed by atoms with Crippen molar-refractivity contribution >= 4 is 6.09 Å². The first kappa shape index (κ1) is 17.7. The highest BCUT2D eigenvalue weighted by Crippen LogP contribution is 2.19. The molecule has 130 valence electrons. The molecule has 1 fully saturated rings. The Morgan fingerprint density at radius 2 is 2.22 bits per heavy atom. The van der Waals surface area contributed by atoms with Crippen LogP contribution in [0.25, 0.3) is 0 Å². The van der Waals surface area contributed by atoms with Crippen molar-refractivity contribution in [1.29, 1.82) is 0 Å². The van der Waals surface area contributed by atoms with Crippen molar-refractivity contribution in [1.82, 2.24) is 20.0 Å². The lowest BCUT2D eigenvalue weighted by Gasteiger charge is -2.24. The van der Waals surface area contributed by atoms with E-state index in [4.69, 9.17) is 4.74 Å². The molecule has 0 saturated carbocycles. The number of amides is 1. The van der Waals surface area contributed by atoms with Crippen molar-refractivity contribution in [3.8, 4) is 0 Å². The summed E-state index contributed by atoms with van der Waals surface area (Å²) in [5, 5.41) is 17.7. The van der Waals surface area contributed by atoms with Crippen molar-refractivity contribution in [2.75, 3.05) is 19.6 Å². The summed E-state index contributed by atoms with van der Waals surface area (Å²) in [5.74, 6) is 0.0174. The van der Waals surface area contributed by atoms with Gasteiger partial charge in [-0.05, 0) is 27.7 Å². The number of aromatic nitrogens is 2. The number of aryl methyl sites for hydroxylation is 1. The van der Waals surface area contributed by atoms with Crippen molar-refractivity contribution in [3.05, 3.63) is 18.0 Å². The van der Waals surface area contributed by atoms with Gasteiger partial charge in [-0.15, -0.1) is 0 Å². The van der Waals surface area contributed by atoms with Crippen molar-refractivity contribution < 1.29 is 14.6 Å². The molecule has 0 radical (unpaired) electrons. The Morgan fingerprint density at radius 1 is 1.48 bits per heavy atom. The third-order valence-corrected chi connectivity index (χ3v) is 3.80. The topological polar surface area (TPSA) is 79.6 Å². The number of carbonyl (C=O) groups is 1. The molecule has 2 heterocycles. The van der Waals surface area contributed by atoms with Crippen LogP contribution in [-0.2, 0) is 17.8 Å². The molecule has 1 aliphatic heterocycles. The van der Waals surface area contributed by atoms with Gasteiger partial charge in [-0.2, -0.15) is 5.10 Å². The van der Waals surface area contributed by atoms with Crippen LogP contribution in [0.1, 0.15) is 33.3 Å². The van der Waals surface area contributed by atoms with E-state index in [9.17, 15) is 9.90 Å². The molecule has 7 heteroatoms. The molecule has 1 saturated heterocycles. The minimum absolute atomic E-state index is 0.0174. The van der Waals surface area contributed by atoms with E-state index in [0.717, 1.165) is 12.1 Å². The molecule has 0 aliphatic carbocycles. The lowest BCUT2D eigenvalue weighted by Crippen LogP contribution is -2.36. The third-order valence-electron chi connectivity index (χ3n) is 3.80. The zero-order valence-electron chi connectivity index (χ0n) is 14.5. The van der Waals surface area contributed by atoms with E-state index >= 15 is 0 Å². The first-order valence-electron chi connectivity index (χ1n) is 8.16. The molecule has 0 unspecified atom stereocenters. The largest absolute Gasteiger partial charge is 0.444 e. The zero-order chi connectivity index (χ0) is 17.0. The fourth-order valence-electron chi connectivity index (χ4n) is 2.60. The number of carbonyl (C=O) groups excluding carboxylic acids is 1. The SMILES string of the molecule is CCn1cc(CNC[C@@H]2CN(C(=O)OC(C)(C)C)C[C@@H]2O)cn1. The average Bonchev–Trinajstić information content (AvgIpc) is 3.04. The second-order valence-electron chi connectivity index (χ2n) is 7.05. The van der Waals surface area contributed by atoms with Gasteiger partial charge < -0.3 is 20.1 Å². The van der Waals surface area contributed by atoms with Crippen molar-refractivity contribution in [3.63, 3.8) is 0 Å². The Hall–Kier alpha value is -1.60. The Bertz CT molecular complexity index is 524. The number of hydrogen-bond acceptors (Lipinski definition) is 5. The molecule has 1 aromatic rings. The third kappa shape index (κ3) is 5.21. The van der Waals surface area contributed by atoms with Crippen LogP contribution in [0.15, 0.2) is 12.4 Å². The highest BCUT2D eigenvalue weighted by Gasteiger charge is 2.35. The number of nitrogens with zero attached hydrogens (tertiary/aromatic N) is 3. The minimum atomic E-state index is -0.520. The van der Waals surface area contributed by atoms with E-state index in [1.54, 1.807) is 4.90 Å². The number of nitrogens with one attached hydrogen (secondary N) is 1. The van der Waals surface area contributed by atoms with Crippen molar-refractivity contribution in [2.24, 2.45) is 5.92 Å². The quantitative estimate of drug-likeness (QED) is 0.851. The monoisotopic (exact) mass is 324 g/mol. The highest BCUT2D eigenvalue weighted by atomic mass is 16.6. The van der Waals surface area contributed by atoms with Gasteiger partial charge in [0.2, 0.25) is 0 Å². The molecule has 23 heavy (non-hydrogen) atoms. The van der Waals surface area contributed by atoms with Crippen LogP contribution in [0.2, 0.25) is 0 Å². The van der Waals surface area contributed by atoms with Gasteiger partial charge >= 0.3 is 6.09 Å². The molecule has 1 aliphatic rings. The number of aliphatic hydroxyl groups is 1. The molecule has 2 atom stereocenters. The molecule has 1 amide bonds. The minimum Gasteiger partial charge on any atom is -0.444 e. The summed E-state index contributed by atoms with van der Waals surface area (Å²) in [4.78, 5) is 13.6. The molecule has 0 spiro atoms. The highest BCUT2D eigenvalue weighted by molar-refractivity contribution is 5.68. The number of aliphatic hydroxyl groups excluding tert-OH is 1. The van der Waals surface area contributed by atoms with E-state index in [2.05, 4.69) is 10.4 Å². The first-order chi connectivity index (χ1) is 10.8. The van der Waals surface area contributed by atoms with Crippen LogP contribution in [0, 0.1) is 5.92 Å². The maximum absolute atomic E-state index is 12.0. The smallest absolute Gasteiger partial charge is 0.410 e. The normalized spacial score (nSPS) is 21.7. The van der Waals surface area contributed by atoms with Gasteiger partial charge in [0, 0.05) is 43.9 Å². The summed E-state index contributed by atoms with van der Waals surface area (Å²) in [6.07, 6.45) is 2.97. The second kappa shape index (κ2) is 7.31. The maximum Gasteiger partial charge on any atom is 0.410 e. The molecule has 0 bridgehead atoms. The van der Waals surface area contributed by atoms with Gasteiger partial charge in [0.25, 0.3) is 0 Å². The summed E-state index contributed by atoms with van der Waals surface area (Å²) >= 11 is 0. The number of hydrogen-bond donors (Lipinski definition) is 2. The number of rotatable bonds is 5. The summed E-state index contributed by atoms with van der Waals surface area (Å²) in [6, 6.07) is 0. The second-order valence-corrected chi connectivity index (χ2v) is 7.05. The van der Waals surface area contributed by atoms with Gasteiger partial charge in [0.15, 0.2) is 0 Å². The number of likely N-dealkylation sites (tertiary alicyclic amines) is 1. The van der Waals surface area contributed by atoms with E-state index in [0.29, 0.717) is 26.2 Å². The van der Waals surface area contributed by atoms with Gasteiger partial charge in [-0.1, -0.05) is 0 Å². The Balaban J connectivity index is 1.77. The van der Waals surface area contributed by atoms with Crippen LogP contribution in [-0.4, -0.2) is 57.2 Å². The number of β-amino-alcohol motifs (C(OH)–C–C–N with tert-alkyl or cyclic N) is 1. The van der Waals surface area contributed by atoms with Gasteiger partial charge in [0.1, 0.15) is 5.60 Å². The molecule has 7 nitrogen and oxygen atoms in total. The molecular formula is C16H28N4O3. The predicted octanol–water partition coefficient (Wildman–Crippen LogP) is 1.22. The van der Waals surface area contributed by atoms with E-state index < -0.39 is 11.7 Å². The summed E-state index contributed by atoms with van der Waals surface area (Å²) in [6.45, 7) is 10.6. The molecule has 1 aromatic heterocycles. The van der Waals surface area contributed by atoms with E-state index in [-0.39, 0.29) is 12.0 Å². The van der Waals surface area contributed by atoms with Crippen LogP contribution in [0.4, 0.5) is 4.79 Å². The van der Waals surface area contributed by atoms with Gasteiger partial charge in [-0.25, -0.2) is 4.79 Å². The standard InChI is InChI=1S/C16H28N4O3/c1-5-20-9-12(7-18-20)6-17-8-13-10-19(11-14(13)21)15(22)23-16(2,3)4/h7,9,13-14,17,21H,5-6,8,10-11H2,1-4H3/t13-,14+/m1/s1. The predicted molar refractivity (Wildman–Crippen MR) is 86.9 cm³/mol. The van der Waals surface area contributed by atoms with Crippen LogP contribution in [0.3, 0.4) is 0 Å². The Labute approximate surface area is 137 Å². The van der Waals surface area contributed by atoms with Crippen LogP contribution in [0.5, 0.6) is 0 Å². The number of ether oxygens (including phenoxy) is 1. The fourth-order valence-corrected chi connectivity index (χ4v) is 2.60. The molecular weight excluding hydrogens is 296 g/mol. The van der Waals surface area contributed by atoms with Crippen molar-refractivity contribution in [2.45, 2.75) is 52.5 Å². The average molecular weight is 324 g/mol. The maximum atomic E-state index is 12.0. The van der Waals surface area contributed by atoms with Crippen LogP contribution >= 0.6 is 0 Å². The first-order valence-corrected chi connectivity index (χ1v) is 8.16.